The van der Waals surface area contributed by atoms with Gasteiger partial charge in [0.2, 0.25) is 0 Å². The minimum absolute atomic E-state index is 0.231. The molecule has 1 unspecified atom stereocenters. The summed E-state index contributed by atoms with van der Waals surface area (Å²) in [4.78, 5) is 8.02. The van der Waals surface area contributed by atoms with E-state index in [4.69, 9.17) is 0 Å². The molecule has 19 heavy (non-hydrogen) atoms. The average Bonchev–Trinajstić information content (AvgIpc) is 2.78. The van der Waals surface area contributed by atoms with Gasteiger partial charge in [0, 0.05) is 18.7 Å². The maximum atomic E-state index is 4.65. The van der Waals surface area contributed by atoms with Crippen molar-refractivity contribution in [3.8, 4) is 0 Å². The molecule has 3 rings (SSSR count). The van der Waals surface area contributed by atoms with Gasteiger partial charge in [-0.1, -0.05) is 38.1 Å². The standard InChI is InChI=1S/C16H21N3/c1-10(2)12-4-6-13(7-5-12)15-16-14(8-9-17-15)18-11(3)19-16/h4-7,10,15,17H,8-9H2,1-3H3,(H,18,19). The average molecular weight is 255 g/mol. The zero-order chi connectivity index (χ0) is 13.4. The molecular formula is C16H21N3. The summed E-state index contributed by atoms with van der Waals surface area (Å²) in [6.07, 6.45) is 1.04. The van der Waals surface area contributed by atoms with Gasteiger partial charge in [0.15, 0.2) is 0 Å². The Kier molecular flexibility index (Phi) is 3.15. The highest BCUT2D eigenvalue weighted by atomic mass is 15.0. The fraction of sp³-hybridized carbons (Fsp3) is 0.438. The third kappa shape index (κ3) is 2.30. The third-order valence-electron chi connectivity index (χ3n) is 3.86. The molecule has 100 valence electrons. The Balaban J connectivity index is 1.94. The maximum absolute atomic E-state index is 4.65. The van der Waals surface area contributed by atoms with Gasteiger partial charge in [0.25, 0.3) is 0 Å². The van der Waals surface area contributed by atoms with Crippen LogP contribution in [0.1, 0.15) is 54.1 Å². The van der Waals surface area contributed by atoms with Gasteiger partial charge in [0.05, 0.1) is 11.7 Å². The number of H-pyrrole nitrogens is 1. The van der Waals surface area contributed by atoms with Gasteiger partial charge in [-0.25, -0.2) is 4.98 Å². The van der Waals surface area contributed by atoms with E-state index in [9.17, 15) is 0 Å². The van der Waals surface area contributed by atoms with Gasteiger partial charge in [-0.2, -0.15) is 0 Å². The molecule has 0 saturated heterocycles. The highest BCUT2D eigenvalue weighted by Gasteiger charge is 2.24. The fourth-order valence-corrected chi connectivity index (χ4v) is 2.78. The molecule has 1 aliphatic rings. The Labute approximate surface area is 114 Å². The van der Waals surface area contributed by atoms with E-state index in [1.165, 1.54) is 22.5 Å². The predicted octanol–water partition coefficient (Wildman–Crippen LogP) is 3.08. The molecule has 1 aliphatic heterocycles. The van der Waals surface area contributed by atoms with Crippen molar-refractivity contribution in [2.45, 2.75) is 39.2 Å². The first kappa shape index (κ1) is 12.4. The Morgan fingerprint density at radius 3 is 2.63 bits per heavy atom. The molecule has 2 N–H and O–H groups in total. The molecule has 0 radical (unpaired) electrons. The van der Waals surface area contributed by atoms with Crippen LogP contribution in [-0.4, -0.2) is 16.5 Å². The van der Waals surface area contributed by atoms with E-state index in [1.807, 2.05) is 6.92 Å². The SMILES string of the molecule is Cc1nc2c([nH]1)CCNC2c1ccc(C(C)C)cc1. The molecule has 3 nitrogen and oxygen atoms in total. The van der Waals surface area contributed by atoms with Crippen LogP contribution in [0.15, 0.2) is 24.3 Å². The van der Waals surface area contributed by atoms with Crippen molar-refractivity contribution in [3.05, 3.63) is 52.6 Å². The lowest BCUT2D eigenvalue weighted by atomic mass is 9.95. The molecule has 0 aliphatic carbocycles. The van der Waals surface area contributed by atoms with E-state index < -0.39 is 0 Å². The molecule has 0 fully saturated rings. The zero-order valence-electron chi connectivity index (χ0n) is 11.8. The summed E-state index contributed by atoms with van der Waals surface area (Å²) < 4.78 is 0. The molecule has 2 aromatic rings. The molecule has 0 amide bonds. The van der Waals surface area contributed by atoms with E-state index in [-0.39, 0.29) is 6.04 Å². The number of fused-ring (bicyclic) bond motifs is 1. The molecule has 0 spiro atoms. The third-order valence-corrected chi connectivity index (χ3v) is 3.86. The second kappa shape index (κ2) is 4.82. The lowest BCUT2D eigenvalue weighted by molar-refractivity contribution is 0.553. The van der Waals surface area contributed by atoms with Crippen molar-refractivity contribution in [2.24, 2.45) is 0 Å². The molecule has 0 saturated carbocycles. The van der Waals surface area contributed by atoms with E-state index in [0.29, 0.717) is 5.92 Å². The number of rotatable bonds is 2. The second-order valence-corrected chi connectivity index (χ2v) is 5.64. The molecule has 3 heteroatoms. The van der Waals surface area contributed by atoms with Crippen molar-refractivity contribution < 1.29 is 0 Å². The first-order chi connectivity index (χ1) is 9.15. The predicted molar refractivity (Wildman–Crippen MR) is 77.4 cm³/mol. The van der Waals surface area contributed by atoms with Gasteiger partial charge >= 0.3 is 0 Å². The van der Waals surface area contributed by atoms with Crippen LogP contribution in [-0.2, 0) is 6.42 Å². The number of imidazole rings is 1. The number of nitrogens with one attached hydrogen (secondary N) is 2. The summed E-state index contributed by atoms with van der Waals surface area (Å²) in [5.41, 5.74) is 5.14. The lowest BCUT2D eigenvalue weighted by Gasteiger charge is -2.23. The summed E-state index contributed by atoms with van der Waals surface area (Å²) in [7, 11) is 0. The Bertz CT molecular complexity index is 566. The number of aryl methyl sites for hydroxylation is 1. The normalized spacial score (nSPS) is 18.6. The Hall–Kier alpha value is -1.61. The smallest absolute Gasteiger partial charge is 0.103 e. The lowest BCUT2D eigenvalue weighted by Crippen LogP contribution is -2.30. The number of hydrogen-bond donors (Lipinski definition) is 2. The van der Waals surface area contributed by atoms with E-state index in [2.05, 4.69) is 53.4 Å². The topological polar surface area (TPSA) is 40.7 Å². The number of aromatic nitrogens is 2. The van der Waals surface area contributed by atoms with Crippen molar-refractivity contribution >= 4 is 0 Å². The van der Waals surface area contributed by atoms with E-state index in [0.717, 1.165) is 18.8 Å². The summed E-state index contributed by atoms with van der Waals surface area (Å²) in [5, 5.41) is 3.57. The minimum Gasteiger partial charge on any atom is -0.346 e. The van der Waals surface area contributed by atoms with E-state index >= 15 is 0 Å². The van der Waals surface area contributed by atoms with Crippen LogP contribution in [0.4, 0.5) is 0 Å². The first-order valence-corrected chi connectivity index (χ1v) is 7.04. The molecule has 1 atom stereocenters. The van der Waals surface area contributed by atoms with Crippen LogP contribution < -0.4 is 5.32 Å². The summed E-state index contributed by atoms with van der Waals surface area (Å²) in [6.45, 7) is 7.48. The minimum atomic E-state index is 0.231. The second-order valence-electron chi connectivity index (χ2n) is 5.64. The first-order valence-electron chi connectivity index (χ1n) is 7.04. The summed E-state index contributed by atoms with van der Waals surface area (Å²) >= 11 is 0. The van der Waals surface area contributed by atoms with Crippen LogP contribution in [0.2, 0.25) is 0 Å². The molecule has 2 heterocycles. The van der Waals surface area contributed by atoms with Gasteiger partial charge in [-0.15, -0.1) is 0 Å². The molecule has 0 bridgehead atoms. The number of aromatic amines is 1. The van der Waals surface area contributed by atoms with Crippen LogP contribution in [0.5, 0.6) is 0 Å². The quantitative estimate of drug-likeness (QED) is 0.866. The number of benzene rings is 1. The van der Waals surface area contributed by atoms with Crippen LogP contribution >= 0.6 is 0 Å². The van der Waals surface area contributed by atoms with Crippen LogP contribution in [0.3, 0.4) is 0 Å². The van der Waals surface area contributed by atoms with Crippen LogP contribution in [0, 0.1) is 6.92 Å². The van der Waals surface area contributed by atoms with Crippen molar-refractivity contribution in [2.75, 3.05) is 6.54 Å². The van der Waals surface area contributed by atoms with Gasteiger partial charge in [-0.05, 0) is 24.0 Å². The van der Waals surface area contributed by atoms with Crippen molar-refractivity contribution in [3.63, 3.8) is 0 Å². The maximum Gasteiger partial charge on any atom is 0.103 e. The number of hydrogen-bond acceptors (Lipinski definition) is 2. The summed E-state index contributed by atoms with van der Waals surface area (Å²) in [6, 6.07) is 9.15. The van der Waals surface area contributed by atoms with Gasteiger partial charge in [-0.3, -0.25) is 0 Å². The monoisotopic (exact) mass is 255 g/mol. The van der Waals surface area contributed by atoms with Crippen LogP contribution in [0.25, 0.3) is 0 Å². The highest BCUT2D eigenvalue weighted by molar-refractivity contribution is 5.35. The Morgan fingerprint density at radius 2 is 1.95 bits per heavy atom. The van der Waals surface area contributed by atoms with Crippen molar-refractivity contribution in [1.82, 2.24) is 15.3 Å². The van der Waals surface area contributed by atoms with Gasteiger partial charge < -0.3 is 10.3 Å². The fourth-order valence-electron chi connectivity index (χ4n) is 2.78. The Morgan fingerprint density at radius 1 is 1.21 bits per heavy atom. The van der Waals surface area contributed by atoms with Crippen molar-refractivity contribution in [1.29, 1.82) is 0 Å². The highest BCUT2D eigenvalue weighted by Crippen LogP contribution is 2.28. The molecule has 1 aromatic carbocycles. The largest absolute Gasteiger partial charge is 0.346 e. The molecular weight excluding hydrogens is 234 g/mol. The summed E-state index contributed by atoms with van der Waals surface area (Å²) in [5.74, 6) is 1.59. The number of nitrogens with zero attached hydrogens (tertiary/aromatic N) is 1. The zero-order valence-corrected chi connectivity index (χ0v) is 11.8. The van der Waals surface area contributed by atoms with E-state index in [1.54, 1.807) is 0 Å². The van der Waals surface area contributed by atoms with Gasteiger partial charge in [0.1, 0.15) is 5.82 Å². The molecule has 1 aromatic heterocycles.